The summed E-state index contributed by atoms with van der Waals surface area (Å²) in [6.07, 6.45) is 0.329. The van der Waals surface area contributed by atoms with Crippen molar-refractivity contribution in [1.29, 1.82) is 0 Å². The summed E-state index contributed by atoms with van der Waals surface area (Å²) < 4.78 is 0. The van der Waals surface area contributed by atoms with Crippen LogP contribution in [0.3, 0.4) is 0 Å². The van der Waals surface area contributed by atoms with Crippen molar-refractivity contribution < 1.29 is 9.59 Å². The minimum atomic E-state index is -0.185. The molecule has 3 aromatic rings. The summed E-state index contributed by atoms with van der Waals surface area (Å²) in [7, 11) is 1.78. The number of para-hydroxylation sites is 1. The molecule has 0 fully saturated rings. The van der Waals surface area contributed by atoms with E-state index in [-0.39, 0.29) is 24.5 Å². The van der Waals surface area contributed by atoms with Gasteiger partial charge in [0, 0.05) is 25.5 Å². The monoisotopic (exact) mass is 358 g/mol. The summed E-state index contributed by atoms with van der Waals surface area (Å²) in [5.41, 5.74) is 6.46. The normalized spacial score (nSPS) is 10.3. The van der Waals surface area contributed by atoms with Gasteiger partial charge < -0.3 is 0 Å². The number of anilines is 1. The molecule has 0 aliphatic carbocycles. The first-order valence-electron chi connectivity index (χ1n) is 8.90. The number of Topliss-reactive ketones (excluding diaryl/α,β-unsaturated/α-hetero) is 1. The Morgan fingerprint density at radius 1 is 0.741 bits per heavy atom. The largest absolute Gasteiger partial charge is 0.294 e. The molecule has 1 N–H and O–H groups in total. The molecule has 0 atom stereocenters. The minimum Gasteiger partial charge on any atom is -0.294 e. The third-order valence-electron chi connectivity index (χ3n) is 4.33. The highest BCUT2D eigenvalue weighted by molar-refractivity contribution is 5.98. The Morgan fingerprint density at radius 3 is 1.93 bits per heavy atom. The van der Waals surface area contributed by atoms with E-state index in [0.717, 1.165) is 16.8 Å². The summed E-state index contributed by atoms with van der Waals surface area (Å²) in [6.45, 7) is 0. The van der Waals surface area contributed by atoms with Crippen LogP contribution < -0.4 is 10.4 Å². The first kappa shape index (κ1) is 18.4. The van der Waals surface area contributed by atoms with Gasteiger partial charge in [0.1, 0.15) is 0 Å². The zero-order valence-corrected chi connectivity index (χ0v) is 15.3. The van der Waals surface area contributed by atoms with Gasteiger partial charge in [0.2, 0.25) is 5.91 Å². The van der Waals surface area contributed by atoms with E-state index >= 15 is 0 Å². The molecule has 136 valence electrons. The molecule has 0 radical (unpaired) electrons. The SMILES string of the molecule is CN(NC(=O)CCC(=O)c1ccc(-c2ccccc2)cc1)c1ccccc1. The second kappa shape index (κ2) is 8.81. The van der Waals surface area contributed by atoms with Gasteiger partial charge in [-0.25, -0.2) is 0 Å². The van der Waals surface area contributed by atoms with Crippen molar-refractivity contribution in [3.8, 4) is 11.1 Å². The highest BCUT2D eigenvalue weighted by Crippen LogP contribution is 2.20. The zero-order valence-electron chi connectivity index (χ0n) is 15.3. The van der Waals surface area contributed by atoms with Gasteiger partial charge in [0.15, 0.2) is 5.78 Å². The molecule has 3 rings (SSSR count). The fourth-order valence-corrected chi connectivity index (χ4v) is 2.81. The molecule has 0 heterocycles. The molecule has 4 nitrogen and oxygen atoms in total. The molecule has 0 aliphatic rings. The van der Waals surface area contributed by atoms with Gasteiger partial charge in [-0.15, -0.1) is 0 Å². The molecular weight excluding hydrogens is 336 g/mol. The van der Waals surface area contributed by atoms with Crippen molar-refractivity contribution in [2.75, 3.05) is 12.1 Å². The Hall–Kier alpha value is -3.40. The van der Waals surface area contributed by atoms with E-state index in [2.05, 4.69) is 5.43 Å². The van der Waals surface area contributed by atoms with E-state index in [4.69, 9.17) is 0 Å². The number of nitrogens with zero attached hydrogens (tertiary/aromatic N) is 1. The van der Waals surface area contributed by atoms with Crippen LogP contribution in [0.25, 0.3) is 11.1 Å². The second-order valence-electron chi connectivity index (χ2n) is 6.30. The van der Waals surface area contributed by atoms with E-state index in [1.807, 2.05) is 84.9 Å². The van der Waals surface area contributed by atoms with Crippen molar-refractivity contribution in [3.63, 3.8) is 0 Å². The fourth-order valence-electron chi connectivity index (χ4n) is 2.81. The standard InChI is InChI=1S/C23H22N2O2/c1-25(21-10-6-3-7-11-21)24-23(27)17-16-22(26)20-14-12-19(13-15-20)18-8-4-2-5-9-18/h2-15H,16-17H2,1H3,(H,24,27). The lowest BCUT2D eigenvalue weighted by Gasteiger charge is -2.20. The molecule has 4 heteroatoms. The molecule has 0 aromatic heterocycles. The average Bonchev–Trinajstić information content (AvgIpc) is 2.73. The van der Waals surface area contributed by atoms with Crippen LogP contribution in [0.5, 0.6) is 0 Å². The van der Waals surface area contributed by atoms with Crippen LogP contribution in [0.15, 0.2) is 84.9 Å². The highest BCUT2D eigenvalue weighted by atomic mass is 16.2. The summed E-state index contributed by atoms with van der Waals surface area (Å²) in [4.78, 5) is 24.5. The fraction of sp³-hybridized carbons (Fsp3) is 0.130. The van der Waals surface area contributed by atoms with Gasteiger partial charge >= 0.3 is 0 Å². The summed E-state index contributed by atoms with van der Waals surface area (Å²) in [5.74, 6) is -0.220. The highest BCUT2D eigenvalue weighted by Gasteiger charge is 2.11. The minimum absolute atomic E-state index is 0.0351. The van der Waals surface area contributed by atoms with Crippen molar-refractivity contribution in [3.05, 3.63) is 90.5 Å². The number of ketones is 1. The van der Waals surface area contributed by atoms with Gasteiger partial charge in [-0.3, -0.25) is 20.0 Å². The predicted octanol–water partition coefficient (Wildman–Crippen LogP) is 4.48. The summed E-state index contributed by atoms with van der Waals surface area (Å²) in [5, 5.41) is 1.65. The summed E-state index contributed by atoms with van der Waals surface area (Å²) in [6, 6.07) is 27.0. The lowest BCUT2D eigenvalue weighted by atomic mass is 10.0. The van der Waals surface area contributed by atoms with E-state index in [0.29, 0.717) is 5.56 Å². The van der Waals surface area contributed by atoms with Crippen molar-refractivity contribution in [1.82, 2.24) is 5.43 Å². The van der Waals surface area contributed by atoms with Crippen molar-refractivity contribution in [2.24, 2.45) is 0 Å². The van der Waals surface area contributed by atoms with Gasteiger partial charge in [0.05, 0.1) is 5.69 Å². The number of rotatable bonds is 7. The van der Waals surface area contributed by atoms with E-state index in [1.165, 1.54) is 0 Å². The third-order valence-corrected chi connectivity index (χ3v) is 4.33. The maximum atomic E-state index is 12.4. The number of carbonyl (C=O) groups excluding carboxylic acids is 2. The van der Waals surface area contributed by atoms with Gasteiger partial charge in [-0.2, -0.15) is 0 Å². The molecule has 0 saturated carbocycles. The topological polar surface area (TPSA) is 49.4 Å². The van der Waals surface area contributed by atoms with E-state index < -0.39 is 0 Å². The molecule has 0 saturated heterocycles. The Morgan fingerprint density at radius 2 is 1.30 bits per heavy atom. The molecule has 0 bridgehead atoms. The lowest BCUT2D eigenvalue weighted by molar-refractivity contribution is -0.121. The van der Waals surface area contributed by atoms with Crippen molar-refractivity contribution >= 4 is 17.4 Å². The third kappa shape index (κ3) is 5.05. The smallest absolute Gasteiger partial charge is 0.238 e. The molecule has 1 amide bonds. The van der Waals surface area contributed by atoms with Crippen LogP contribution in [0.1, 0.15) is 23.2 Å². The van der Waals surface area contributed by atoms with Gasteiger partial charge in [0.25, 0.3) is 0 Å². The van der Waals surface area contributed by atoms with E-state index in [9.17, 15) is 9.59 Å². The Bertz CT molecular complexity index is 891. The predicted molar refractivity (Wildman–Crippen MR) is 108 cm³/mol. The van der Waals surface area contributed by atoms with Crippen molar-refractivity contribution in [2.45, 2.75) is 12.8 Å². The summed E-state index contributed by atoms with van der Waals surface area (Å²) >= 11 is 0. The van der Waals surface area contributed by atoms with E-state index in [1.54, 1.807) is 12.1 Å². The Balaban J connectivity index is 1.52. The Labute approximate surface area is 159 Å². The number of hydrogen-bond donors (Lipinski definition) is 1. The average molecular weight is 358 g/mol. The van der Waals surface area contributed by atoms with Crippen LogP contribution in [-0.4, -0.2) is 18.7 Å². The van der Waals surface area contributed by atoms with Crippen LogP contribution in [0.2, 0.25) is 0 Å². The molecule has 3 aromatic carbocycles. The first-order valence-corrected chi connectivity index (χ1v) is 8.90. The Kier molecular flexibility index (Phi) is 6.00. The van der Waals surface area contributed by atoms with Crippen LogP contribution in [0.4, 0.5) is 5.69 Å². The maximum absolute atomic E-state index is 12.4. The second-order valence-corrected chi connectivity index (χ2v) is 6.30. The molecule has 27 heavy (non-hydrogen) atoms. The number of hydrazine groups is 1. The van der Waals surface area contributed by atoms with Gasteiger partial charge in [-0.05, 0) is 23.3 Å². The number of amides is 1. The van der Waals surface area contributed by atoms with Crippen LogP contribution in [0, 0.1) is 0 Å². The van der Waals surface area contributed by atoms with Crippen LogP contribution in [-0.2, 0) is 4.79 Å². The molecule has 0 spiro atoms. The first-order chi connectivity index (χ1) is 13.1. The molecule has 0 aliphatic heterocycles. The lowest BCUT2D eigenvalue weighted by Crippen LogP contribution is -2.39. The van der Waals surface area contributed by atoms with Gasteiger partial charge in [-0.1, -0.05) is 72.8 Å². The number of hydrogen-bond acceptors (Lipinski definition) is 3. The number of benzene rings is 3. The maximum Gasteiger partial charge on any atom is 0.238 e. The quantitative estimate of drug-likeness (QED) is 0.500. The van der Waals surface area contributed by atoms with Crippen LogP contribution >= 0.6 is 0 Å². The number of carbonyl (C=O) groups is 2. The zero-order chi connectivity index (χ0) is 19.1. The molecular formula is C23H22N2O2. The molecule has 0 unspecified atom stereocenters. The number of nitrogens with one attached hydrogen (secondary N) is 1.